The lowest BCUT2D eigenvalue weighted by molar-refractivity contribution is 0.0513. The maximum Gasteiger partial charge on any atom is 0.191 e. The standard InChI is InChI=1S/C22H34ClN3O3/c1-24-21(25-9-3-10-28-15-18-6-11-29-16-18)26-17-22(7-12-27-13-8-22)19-4-2-5-20(23)14-19/h2,4-5,14,18H,3,6-13,15-17H2,1H3,(H2,24,25,26). The first-order valence-electron chi connectivity index (χ1n) is 10.7. The molecule has 0 aliphatic carbocycles. The maximum absolute atomic E-state index is 6.26. The largest absolute Gasteiger partial charge is 0.381 e. The minimum atomic E-state index is 0.00718. The molecule has 2 saturated heterocycles. The topological polar surface area (TPSA) is 64.1 Å². The van der Waals surface area contributed by atoms with E-state index in [-0.39, 0.29) is 5.41 Å². The van der Waals surface area contributed by atoms with Gasteiger partial charge in [-0.3, -0.25) is 4.99 Å². The molecule has 1 atom stereocenters. The van der Waals surface area contributed by atoms with Gasteiger partial charge in [0.1, 0.15) is 0 Å². The van der Waals surface area contributed by atoms with Gasteiger partial charge in [-0.05, 0) is 43.4 Å². The molecule has 2 aliphatic heterocycles. The summed E-state index contributed by atoms with van der Waals surface area (Å²) in [4.78, 5) is 4.38. The first kappa shape index (κ1) is 22.3. The molecule has 162 valence electrons. The summed E-state index contributed by atoms with van der Waals surface area (Å²) in [6.07, 6.45) is 4.00. The highest BCUT2D eigenvalue weighted by molar-refractivity contribution is 6.30. The van der Waals surface area contributed by atoms with E-state index in [0.29, 0.717) is 5.92 Å². The van der Waals surface area contributed by atoms with Crippen molar-refractivity contribution in [2.75, 3.05) is 59.8 Å². The number of benzene rings is 1. The Morgan fingerprint density at radius 3 is 2.83 bits per heavy atom. The fourth-order valence-corrected chi connectivity index (χ4v) is 4.16. The lowest BCUT2D eigenvalue weighted by Gasteiger charge is -2.38. The Morgan fingerprint density at radius 2 is 2.10 bits per heavy atom. The van der Waals surface area contributed by atoms with Crippen LogP contribution in [0.3, 0.4) is 0 Å². The quantitative estimate of drug-likeness (QED) is 0.363. The first-order valence-corrected chi connectivity index (χ1v) is 11.0. The number of nitrogens with zero attached hydrogens (tertiary/aromatic N) is 1. The maximum atomic E-state index is 6.26. The average Bonchev–Trinajstić information content (AvgIpc) is 3.27. The second-order valence-electron chi connectivity index (χ2n) is 7.91. The number of hydrogen-bond acceptors (Lipinski definition) is 4. The van der Waals surface area contributed by atoms with Crippen molar-refractivity contribution in [1.82, 2.24) is 10.6 Å². The monoisotopic (exact) mass is 423 g/mol. The number of guanidine groups is 1. The minimum Gasteiger partial charge on any atom is -0.381 e. The molecule has 6 nitrogen and oxygen atoms in total. The predicted molar refractivity (Wildman–Crippen MR) is 117 cm³/mol. The number of hydrogen-bond donors (Lipinski definition) is 2. The van der Waals surface area contributed by atoms with Crippen molar-refractivity contribution in [3.63, 3.8) is 0 Å². The van der Waals surface area contributed by atoms with Crippen LogP contribution in [0.2, 0.25) is 5.02 Å². The zero-order valence-electron chi connectivity index (χ0n) is 17.4. The van der Waals surface area contributed by atoms with Crippen LogP contribution < -0.4 is 10.6 Å². The SMILES string of the molecule is CN=C(NCCCOCC1CCOC1)NCC1(c2cccc(Cl)c2)CCOCC1. The highest BCUT2D eigenvalue weighted by Gasteiger charge is 2.34. The van der Waals surface area contributed by atoms with Crippen molar-refractivity contribution in [3.8, 4) is 0 Å². The Hall–Kier alpha value is -1.34. The van der Waals surface area contributed by atoms with Crippen molar-refractivity contribution in [2.45, 2.75) is 31.1 Å². The zero-order chi connectivity index (χ0) is 20.4. The molecule has 2 N–H and O–H groups in total. The molecule has 1 aromatic carbocycles. The molecule has 2 aliphatic rings. The third-order valence-corrected chi connectivity index (χ3v) is 6.08. The van der Waals surface area contributed by atoms with Gasteiger partial charge in [0.05, 0.1) is 13.2 Å². The number of halogens is 1. The molecule has 1 unspecified atom stereocenters. The summed E-state index contributed by atoms with van der Waals surface area (Å²) in [5, 5.41) is 7.69. The van der Waals surface area contributed by atoms with Crippen LogP contribution >= 0.6 is 11.6 Å². The van der Waals surface area contributed by atoms with Crippen molar-refractivity contribution in [1.29, 1.82) is 0 Å². The summed E-state index contributed by atoms with van der Waals surface area (Å²) < 4.78 is 16.8. The van der Waals surface area contributed by atoms with Crippen LogP contribution in [0.5, 0.6) is 0 Å². The fourth-order valence-electron chi connectivity index (χ4n) is 3.97. The van der Waals surface area contributed by atoms with Gasteiger partial charge >= 0.3 is 0 Å². The number of aliphatic imine (C=N–C) groups is 1. The molecule has 0 saturated carbocycles. The van der Waals surface area contributed by atoms with Crippen LogP contribution in [0.15, 0.2) is 29.3 Å². The third kappa shape index (κ3) is 6.85. The van der Waals surface area contributed by atoms with Crippen LogP contribution in [0.1, 0.15) is 31.2 Å². The number of nitrogens with one attached hydrogen (secondary N) is 2. The summed E-state index contributed by atoms with van der Waals surface area (Å²) >= 11 is 6.26. The summed E-state index contributed by atoms with van der Waals surface area (Å²) in [5.41, 5.74) is 1.27. The Kier molecular flexibility index (Phi) is 9.05. The molecule has 1 aromatic rings. The van der Waals surface area contributed by atoms with Gasteiger partial charge < -0.3 is 24.8 Å². The molecule has 0 bridgehead atoms. The molecule has 7 heteroatoms. The molecule has 0 spiro atoms. The second-order valence-corrected chi connectivity index (χ2v) is 8.35. The Bertz CT molecular complexity index is 644. The van der Waals surface area contributed by atoms with Gasteiger partial charge in [-0.2, -0.15) is 0 Å². The highest BCUT2D eigenvalue weighted by atomic mass is 35.5. The van der Waals surface area contributed by atoms with Gasteiger partial charge in [-0.1, -0.05) is 23.7 Å². The number of rotatable bonds is 9. The molecule has 0 radical (unpaired) electrons. The zero-order valence-corrected chi connectivity index (χ0v) is 18.2. The van der Waals surface area contributed by atoms with E-state index < -0.39 is 0 Å². The van der Waals surface area contributed by atoms with Gasteiger partial charge in [-0.15, -0.1) is 0 Å². The van der Waals surface area contributed by atoms with E-state index in [9.17, 15) is 0 Å². The molecule has 0 aromatic heterocycles. The Morgan fingerprint density at radius 1 is 1.24 bits per heavy atom. The molecule has 3 rings (SSSR count). The van der Waals surface area contributed by atoms with E-state index in [1.165, 1.54) is 5.56 Å². The van der Waals surface area contributed by atoms with Gasteiger partial charge in [0.25, 0.3) is 0 Å². The van der Waals surface area contributed by atoms with Crippen LogP contribution in [0.25, 0.3) is 0 Å². The minimum absolute atomic E-state index is 0.00718. The van der Waals surface area contributed by atoms with Crippen LogP contribution in [-0.4, -0.2) is 65.7 Å². The lowest BCUT2D eigenvalue weighted by Crippen LogP contribution is -2.48. The van der Waals surface area contributed by atoms with E-state index in [1.54, 1.807) is 0 Å². The van der Waals surface area contributed by atoms with Crippen molar-refractivity contribution in [2.24, 2.45) is 10.9 Å². The molecule has 2 fully saturated rings. The average molecular weight is 424 g/mol. The molecular weight excluding hydrogens is 390 g/mol. The van der Waals surface area contributed by atoms with Gasteiger partial charge in [0.15, 0.2) is 5.96 Å². The van der Waals surface area contributed by atoms with E-state index in [4.69, 9.17) is 25.8 Å². The summed E-state index contributed by atoms with van der Waals surface area (Å²) in [5.74, 6) is 1.39. The van der Waals surface area contributed by atoms with Crippen LogP contribution in [-0.2, 0) is 19.6 Å². The van der Waals surface area contributed by atoms with Gasteiger partial charge in [0.2, 0.25) is 0 Å². The number of ether oxygens (including phenoxy) is 3. The van der Waals surface area contributed by atoms with E-state index in [1.807, 2.05) is 19.2 Å². The van der Waals surface area contributed by atoms with Gasteiger partial charge in [0, 0.05) is 62.9 Å². The fraction of sp³-hybridized carbons (Fsp3) is 0.682. The molecular formula is C22H34ClN3O3. The summed E-state index contributed by atoms with van der Waals surface area (Å²) in [6, 6.07) is 8.20. The molecule has 29 heavy (non-hydrogen) atoms. The Balaban J connectivity index is 1.42. The summed E-state index contributed by atoms with van der Waals surface area (Å²) in [7, 11) is 1.81. The normalized spacial score (nSPS) is 21.9. The summed E-state index contributed by atoms with van der Waals surface area (Å²) in [6.45, 7) is 6.44. The smallest absolute Gasteiger partial charge is 0.191 e. The molecule has 0 amide bonds. The van der Waals surface area contributed by atoms with Crippen molar-refractivity contribution >= 4 is 17.6 Å². The second kappa shape index (κ2) is 11.7. The van der Waals surface area contributed by atoms with E-state index in [2.05, 4.69) is 27.8 Å². The molecule has 2 heterocycles. The van der Waals surface area contributed by atoms with Crippen LogP contribution in [0, 0.1) is 5.92 Å². The first-order chi connectivity index (χ1) is 14.2. The predicted octanol–water partition coefficient (Wildman–Crippen LogP) is 3.00. The Labute approximate surface area is 179 Å². The van der Waals surface area contributed by atoms with Crippen molar-refractivity contribution < 1.29 is 14.2 Å². The van der Waals surface area contributed by atoms with Crippen LogP contribution in [0.4, 0.5) is 0 Å². The third-order valence-electron chi connectivity index (χ3n) is 5.84. The highest BCUT2D eigenvalue weighted by Crippen LogP contribution is 2.35. The van der Waals surface area contributed by atoms with E-state index in [0.717, 1.165) is 89.4 Å². The van der Waals surface area contributed by atoms with E-state index >= 15 is 0 Å². The van der Waals surface area contributed by atoms with Crippen molar-refractivity contribution in [3.05, 3.63) is 34.9 Å². The lowest BCUT2D eigenvalue weighted by atomic mass is 9.74. The van der Waals surface area contributed by atoms with Gasteiger partial charge in [-0.25, -0.2) is 0 Å².